The van der Waals surface area contributed by atoms with Crippen LogP contribution in [0.15, 0.2) is 34.9 Å². The molecule has 3 nitrogen and oxygen atoms in total. The van der Waals surface area contributed by atoms with Crippen LogP contribution in [0.2, 0.25) is 0 Å². The number of carbonyl (C=O) groups is 2. The Balaban J connectivity index is 2.10. The number of hydrogen-bond donors (Lipinski definition) is 0. The summed E-state index contributed by atoms with van der Waals surface area (Å²) in [4.78, 5) is 23.7. The van der Waals surface area contributed by atoms with Gasteiger partial charge in [-0.15, -0.1) is 0 Å². The minimum atomic E-state index is -0.295. The molecule has 1 fully saturated rings. The van der Waals surface area contributed by atoms with E-state index in [1.165, 1.54) is 0 Å². The van der Waals surface area contributed by atoms with Gasteiger partial charge in [-0.2, -0.15) is 0 Å². The number of rotatable bonds is 0. The van der Waals surface area contributed by atoms with E-state index in [4.69, 9.17) is 4.74 Å². The Kier molecular flexibility index (Phi) is 2.34. The Bertz CT molecular complexity index is 536. The zero-order valence-electron chi connectivity index (χ0n) is 10.7. The number of fused-ring (bicyclic) bond motifs is 3. The van der Waals surface area contributed by atoms with Crippen LogP contribution in [0.5, 0.6) is 0 Å². The zero-order chi connectivity index (χ0) is 13.0. The molecule has 0 amide bonds. The van der Waals surface area contributed by atoms with Gasteiger partial charge in [0, 0.05) is 23.0 Å². The molecule has 0 bridgehead atoms. The molecule has 3 atom stereocenters. The minimum absolute atomic E-state index is 0.0480. The number of esters is 1. The fraction of sp³-hybridized carbons (Fsp3) is 0.467. The molecule has 3 rings (SSSR count). The van der Waals surface area contributed by atoms with Gasteiger partial charge in [0.1, 0.15) is 6.10 Å². The van der Waals surface area contributed by atoms with Crippen LogP contribution in [0.4, 0.5) is 0 Å². The van der Waals surface area contributed by atoms with Crippen LogP contribution >= 0.6 is 0 Å². The maximum Gasteiger partial charge on any atom is 0.334 e. The quantitative estimate of drug-likeness (QED) is 0.485. The van der Waals surface area contributed by atoms with E-state index in [2.05, 4.69) is 6.58 Å². The number of ketones is 1. The normalized spacial score (nSPS) is 35.1. The van der Waals surface area contributed by atoms with E-state index in [1.54, 1.807) is 6.08 Å². The third kappa shape index (κ3) is 1.36. The van der Waals surface area contributed by atoms with Gasteiger partial charge < -0.3 is 4.74 Å². The van der Waals surface area contributed by atoms with Crippen LogP contribution in [0.3, 0.4) is 0 Å². The van der Waals surface area contributed by atoms with E-state index in [9.17, 15) is 9.59 Å². The summed E-state index contributed by atoms with van der Waals surface area (Å²) < 4.78 is 5.47. The second kappa shape index (κ2) is 3.67. The average molecular weight is 244 g/mol. The topological polar surface area (TPSA) is 43.4 Å². The van der Waals surface area contributed by atoms with E-state index in [0.717, 1.165) is 29.6 Å². The highest BCUT2D eigenvalue weighted by atomic mass is 16.6. The molecule has 3 heteroatoms. The van der Waals surface area contributed by atoms with Crippen molar-refractivity contribution in [3.8, 4) is 0 Å². The number of ether oxygens (including phenoxy) is 1. The summed E-state index contributed by atoms with van der Waals surface area (Å²) in [5.74, 6) is -0.197. The first-order valence-electron chi connectivity index (χ1n) is 6.32. The highest BCUT2D eigenvalue weighted by Gasteiger charge is 2.49. The predicted octanol–water partition coefficient (Wildman–Crippen LogP) is 2.34. The second-order valence-corrected chi connectivity index (χ2v) is 5.46. The Morgan fingerprint density at radius 1 is 1.33 bits per heavy atom. The monoisotopic (exact) mass is 244 g/mol. The lowest BCUT2D eigenvalue weighted by molar-refractivity contribution is -0.140. The summed E-state index contributed by atoms with van der Waals surface area (Å²) in [6.45, 7) is 7.80. The van der Waals surface area contributed by atoms with Crippen LogP contribution in [-0.2, 0) is 14.3 Å². The molecule has 0 aromatic carbocycles. The Morgan fingerprint density at radius 2 is 2.06 bits per heavy atom. The van der Waals surface area contributed by atoms with Crippen LogP contribution in [0.1, 0.15) is 26.7 Å². The van der Waals surface area contributed by atoms with Gasteiger partial charge in [0.25, 0.3) is 0 Å². The maximum atomic E-state index is 12.0. The SMILES string of the molecule is C=C1C(=O)OC2C3C(C)=CC(=O)C3=C(C)CC[C@@H]12. The molecule has 1 heterocycles. The van der Waals surface area contributed by atoms with Crippen molar-refractivity contribution >= 4 is 11.8 Å². The molecular weight excluding hydrogens is 228 g/mol. The molecule has 0 aromatic heterocycles. The number of carbonyl (C=O) groups excluding carboxylic acids is 2. The third-order valence-corrected chi connectivity index (χ3v) is 4.39. The van der Waals surface area contributed by atoms with Crippen molar-refractivity contribution in [2.24, 2.45) is 11.8 Å². The second-order valence-electron chi connectivity index (χ2n) is 5.46. The van der Waals surface area contributed by atoms with Crippen molar-refractivity contribution in [1.82, 2.24) is 0 Å². The van der Waals surface area contributed by atoms with Crippen molar-refractivity contribution in [1.29, 1.82) is 0 Å². The van der Waals surface area contributed by atoms with Gasteiger partial charge in [-0.25, -0.2) is 4.79 Å². The standard InChI is InChI=1S/C15H16O3/c1-7-4-5-10-9(3)15(17)18-14(10)13-8(2)6-11(16)12(7)13/h6,10,13-14H,3-5H2,1-2H3/t10-,13?,14?/m0/s1. The average Bonchev–Trinajstić information content (AvgIpc) is 2.68. The number of hydrogen-bond acceptors (Lipinski definition) is 3. The van der Waals surface area contributed by atoms with Crippen molar-refractivity contribution in [3.05, 3.63) is 34.9 Å². The first-order chi connectivity index (χ1) is 8.50. The Morgan fingerprint density at radius 3 is 2.78 bits per heavy atom. The van der Waals surface area contributed by atoms with Crippen molar-refractivity contribution in [2.75, 3.05) is 0 Å². The van der Waals surface area contributed by atoms with Crippen LogP contribution in [0, 0.1) is 11.8 Å². The van der Waals surface area contributed by atoms with Gasteiger partial charge in [-0.05, 0) is 32.8 Å². The zero-order valence-corrected chi connectivity index (χ0v) is 10.7. The molecule has 1 aliphatic heterocycles. The Hall–Kier alpha value is -1.64. The molecule has 0 radical (unpaired) electrons. The van der Waals surface area contributed by atoms with E-state index in [0.29, 0.717) is 5.57 Å². The molecule has 2 aliphatic carbocycles. The molecule has 94 valence electrons. The van der Waals surface area contributed by atoms with Crippen molar-refractivity contribution in [2.45, 2.75) is 32.8 Å². The van der Waals surface area contributed by atoms with Gasteiger partial charge in [-0.3, -0.25) is 4.79 Å². The summed E-state index contributed by atoms with van der Waals surface area (Å²) >= 11 is 0. The lowest BCUT2D eigenvalue weighted by Gasteiger charge is -2.23. The molecule has 0 aromatic rings. The molecule has 0 N–H and O–H groups in total. The summed E-state index contributed by atoms with van der Waals surface area (Å²) in [5.41, 5.74) is 3.56. The van der Waals surface area contributed by atoms with Gasteiger partial charge in [0.2, 0.25) is 0 Å². The first-order valence-corrected chi connectivity index (χ1v) is 6.32. The smallest absolute Gasteiger partial charge is 0.334 e. The number of allylic oxidation sites excluding steroid dienone is 2. The van der Waals surface area contributed by atoms with Crippen LogP contribution in [0.25, 0.3) is 0 Å². The summed E-state index contributed by atoms with van der Waals surface area (Å²) in [7, 11) is 0. The first kappa shape index (κ1) is 11.5. The largest absolute Gasteiger partial charge is 0.457 e. The van der Waals surface area contributed by atoms with Crippen LogP contribution < -0.4 is 0 Å². The van der Waals surface area contributed by atoms with Crippen LogP contribution in [-0.4, -0.2) is 17.9 Å². The van der Waals surface area contributed by atoms with Gasteiger partial charge in [-0.1, -0.05) is 17.7 Å². The molecule has 2 unspecified atom stereocenters. The van der Waals surface area contributed by atoms with E-state index < -0.39 is 0 Å². The third-order valence-electron chi connectivity index (χ3n) is 4.39. The van der Waals surface area contributed by atoms with Crippen molar-refractivity contribution in [3.63, 3.8) is 0 Å². The molecule has 0 saturated carbocycles. The maximum absolute atomic E-state index is 12.0. The minimum Gasteiger partial charge on any atom is -0.457 e. The predicted molar refractivity (Wildman–Crippen MR) is 66.7 cm³/mol. The van der Waals surface area contributed by atoms with E-state index >= 15 is 0 Å². The van der Waals surface area contributed by atoms with Crippen molar-refractivity contribution < 1.29 is 14.3 Å². The van der Waals surface area contributed by atoms with E-state index in [-0.39, 0.29) is 29.7 Å². The molecule has 1 saturated heterocycles. The lowest BCUT2D eigenvalue weighted by Crippen LogP contribution is -2.27. The van der Waals surface area contributed by atoms with Gasteiger partial charge in [0.05, 0.1) is 0 Å². The summed E-state index contributed by atoms with van der Waals surface area (Å²) in [6.07, 6.45) is 3.15. The summed E-state index contributed by atoms with van der Waals surface area (Å²) in [6, 6.07) is 0. The molecule has 18 heavy (non-hydrogen) atoms. The lowest BCUT2D eigenvalue weighted by atomic mass is 9.83. The Labute approximate surface area is 106 Å². The van der Waals surface area contributed by atoms with E-state index in [1.807, 2.05) is 13.8 Å². The summed E-state index contributed by atoms with van der Waals surface area (Å²) in [5, 5.41) is 0. The fourth-order valence-electron chi connectivity index (χ4n) is 3.43. The highest BCUT2D eigenvalue weighted by molar-refractivity contribution is 6.09. The molecular formula is C15H16O3. The molecule has 3 aliphatic rings. The van der Waals surface area contributed by atoms with Gasteiger partial charge in [0.15, 0.2) is 5.78 Å². The van der Waals surface area contributed by atoms with Gasteiger partial charge >= 0.3 is 5.97 Å². The fourth-order valence-corrected chi connectivity index (χ4v) is 3.43. The highest BCUT2D eigenvalue weighted by Crippen LogP contribution is 2.47. The molecule has 0 spiro atoms.